The number of aryl methyl sites for hydroxylation is 1. The maximum absolute atomic E-state index is 13.8. The third-order valence-corrected chi connectivity index (χ3v) is 5.51. The first-order valence-electron chi connectivity index (χ1n) is 12.2. The Morgan fingerprint density at radius 1 is 1.00 bits per heavy atom. The summed E-state index contributed by atoms with van der Waals surface area (Å²) < 4.78 is 15.8. The van der Waals surface area contributed by atoms with Gasteiger partial charge in [-0.05, 0) is 57.5 Å². The van der Waals surface area contributed by atoms with Crippen LogP contribution < -0.4 is 25.0 Å². The van der Waals surface area contributed by atoms with Crippen LogP contribution in [0.1, 0.15) is 51.0 Å². The molecule has 0 saturated heterocycles. The van der Waals surface area contributed by atoms with E-state index in [9.17, 15) is 14.4 Å². The second-order valence-electron chi connectivity index (χ2n) is 9.72. The fraction of sp³-hybridized carbons (Fsp3) is 0.357. The Morgan fingerprint density at radius 2 is 1.68 bits per heavy atom. The van der Waals surface area contributed by atoms with E-state index in [-0.39, 0.29) is 24.6 Å². The van der Waals surface area contributed by atoms with E-state index in [4.69, 9.17) is 14.0 Å². The number of benzene rings is 2. The van der Waals surface area contributed by atoms with Crippen LogP contribution in [-0.2, 0) is 14.4 Å². The zero-order chi connectivity index (χ0) is 27.9. The van der Waals surface area contributed by atoms with Crippen molar-refractivity contribution >= 4 is 29.2 Å². The minimum absolute atomic E-state index is 0.132. The van der Waals surface area contributed by atoms with E-state index in [0.29, 0.717) is 28.5 Å². The largest absolute Gasteiger partial charge is 0.497 e. The molecule has 0 fully saturated rings. The Kier molecular flexibility index (Phi) is 9.11. The van der Waals surface area contributed by atoms with Crippen molar-refractivity contribution in [3.8, 4) is 11.5 Å². The highest BCUT2D eigenvalue weighted by Gasteiger charge is 2.35. The number of anilines is 2. The second kappa shape index (κ2) is 12.3. The van der Waals surface area contributed by atoms with Crippen LogP contribution in [0, 0.1) is 6.92 Å². The van der Waals surface area contributed by atoms with E-state index < -0.39 is 23.4 Å². The summed E-state index contributed by atoms with van der Waals surface area (Å²) in [7, 11) is 3.04. The number of aromatic nitrogens is 1. The fourth-order valence-corrected chi connectivity index (χ4v) is 3.86. The van der Waals surface area contributed by atoms with Crippen LogP contribution in [0.5, 0.6) is 11.5 Å². The standard InChI is InChI=1S/C28H34N4O6/c1-18-17-23(31-38-18)29-24(33)15-16-25(34)32(21-9-7-8-10-22(21)37-6)26(27(35)30-28(2,3)4)19-11-13-20(36-5)14-12-19/h7-14,17,26H,15-16H2,1-6H3,(H,30,35)(H,29,31,33)/t26-/m0/s1. The Morgan fingerprint density at radius 3 is 2.26 bits per heavy atom. The number of hydrogen-bond donors (Lipinski definition) is 2. The zero-order valence-corrected chi connectivity index (χ0v) is 22.5. The molecule has 10 heteroatoms. The summed E-state index contributed by atoms with van der Waals surface area (Å²) >= 11 is 0. The number of para-hydroxylation sites is 2. The molecule has 0 bridgehead atoms. The first-order valence-corrected chi connectivity index (χ1v) is 12.2. The summed E-state index contributed by atoms with van der Waals surface area (Å²) in [5, 5.41) is 9.35. The Balaban J connectivity index is 2.00. The zero-order valence-electron chi connectivity index (χ0n) is 22.5. The van der Waals surface area contributed by atoms with Crippen LogP contribution in [-0.4, -0.2) is 42.6 Å². The summed E-state index contributed by atoms with van der Waals surface area (Å²) in [4.78, 5) is 41.5. The number of nitrogens with one attached hydrogen (secondary N) is 2. The lowest BCUT2D eigenvalue weighted by molar-refractivity contribution is -0.128. The third-order valence-electron chi connectivity index (χ3n) is 5.51. The van der Waals surface area contributed by atoms with Crippen LogP contribution >= 0.6 is 0 Å². The smallest absolute Gasteiger partial charge is 0.248 e. The average molecular weight is 523 g/mol. The van der Waals surface area contributed by atoms with Gasteiger partial charge in [-0.15, -0.1) is 0 Å². The molecule has 3 aromatic rings. The van der Waals surface area contributed by atoms with E-state index in [0.717, 1.165) is 0 Å². The van der Waals surface area contributed by atoms with Gasteiger partial charge in [-0.25, -0.2) is 0 Å². The number of amides is 3. The highest BCUT2D eigenvalue weighted by molar-refractivity contribution is 6.04. The van der Waals surface area contributed by atoms with Crippen molar-refractivity contribution in [1.29, 1.82) is 0 Å². The molecule has 0 saturated carbocycles. The molecule has 1 atom stereocenters. The first kappa shape index (κ1) is 28.2. The third kappa shape index (κ3) is 7.34. The molecule has 1 heterocycles. The van der Waals surface area contributed by atoms with Crippen LogP contribution in [0.2, 0.25) is 0 Å². The molecule has 0 aliphatic carbocycles. The van der Waals surface area contributed by atoms with Gasteiger partial charge >= 0.3 is 0 Å². The molecule has 1 aromatic heterocycles. The number of carbonyl (C=O) groups excluding carboxylic acids is 3. The van der Waals surface area contributed by atoms with Crippen molar-refractivity contribution in [1.82, 2.24) is 10.5 Å². The van der Waals surface area contributed by atoms with E-state index in [2.05, 4.69) is 15.8 Å². The van der Waals surface area contributed by atoms with Crippen molar-refractivity contribution in [2.45, 2.75) is 52.1 Å². The van der Waals surface area contributed by atoms with Gasteiger partial charge in [-0.2, -0.15) is 0 Å². The summed E-state index contributed by atoms with van der Waals surface area (Å²) in [5.41, 5.74) is 0.402. The maximum Gasteiger partial charge on any atom is 0.248 e. The molecule has 202 valence electrons. The Labute approximate surface area is 222 Å². The van der Waals surface area contributed by atoms with Gasteiger partial charge in [-0.1, -0.05) is 29.4 Å². The molecule has 3 amide bonds. The average Bonchev–Trinajstić information content (AvgIpc) is 3.29. The van der Waals surface area contributed by atoms with Crippen molar-refractivity contribution in [3.63, 3.8) is 0 Å². The number of nitrogens with zero attached hydrogens (tertiary/aromatic N) is 2. The summed E-state index contributed by atoms with van der Waals surface area (Å²) in [6.07, 6.45) is -0.303. The fourth-order valence-electron chi connectivity index (χ4n) is 3.86. The number of hydrogen-bond acceptors (Lipinski definition) is 7. The highest BCUT2D eigenvalue weighted by Crippen LogP contribution is 2.36. The van der Waals surface area contributed by atoms with Gasteiger partial charge in [0.05, 0.1) is 19.9 Å². The molecule has 0 radical (unpaired) electrons. The summed E-state index contributed by atoms with van der Waals surface area (Å²) in [6.45, 7) is 7.29. The second-order valence-corrected chi connectivity index (χ2v) is 9.72. The molecule has 2 aromatic carbocycles. The molecule has 0 spiro atoms. The van der Waals surface area contributed by atoms with Crippen molar-refractivity contribution in [2.75, 3.05) is 24.4 Å². The lowest BCUT2D eigenvalue weighted by Gasteiger charge is -2.34. The molecule has 3 rings (SSSR count). The predicted molar refractivity (Wildman–Crippen MR) is 143 cm³/mol. The number of methoxy groups -OCH3 is 2. The maximum atomic E-state index is 13.8. The lowest BCUT2D eigenvalue weighted by atomic mass is 10.00. The number of ether oxygens (including phenoxy) is 2. The molecule has 10 nitrogen and oxygen atoms in total. The predicted octanol–water partition coefficient (Wildman–Crippen LogP) is 4.41. The molecule has 2 N–H and O–H groups in total. The van der Waals surface area contributed by atoms with Gasteiger partial charge in [0.15, 0.2) is 5.82 Å². The monoisotopic (exact) mass is 522 g/mol. The normalized spacial score (nSPS) is 11.8. The minimum Gasteiger partial charge on any atom is -0.497 e. The SMILES string of the molecule is COc1ccc([C@@H](C(=O)NC(C)(C)C)N(C(=O)CCC(=O)Nc2cc(C)on2)c2ccccc2OC)cc1. The van der Waals surface area contributed by atoms with Gasteiger partial charge in [-0.3, -0.25) is 19.3 Å². The lowest BCUT2D eigenvalue weighted by Crippen LogP contribution is -2.49. The number of rotatable bonds is 10. The topological polar surface area (TPSA) is 123 Å². The van der Waals surface area contributed by atoms with Crippen LogP contribution in [0.3, 0.4) is 0 Å². The van der Waals surface area contributed by atoms with Crippen molar-refractivity contribution < 1.29 is 28.4 Å². The highest BCUT2D eigenvalue weighted by atomic mass is 16.5. The van der Waals surface area contributed by atoms with Crippen LogP contribution in [0.4, 0.5) is 11.5 Å². The quantitative estimate of drug-likeness (QED) is 0.404. The molecular formula is C28H34N4O6. The minimum atomic E-state index is -1.05. The van der Waals surface area contributed by atoms with E-state index in [1.54, 1.807) is 68.6 Å². The molecule has 38 heavy (non-hydrogen) atoms. The van der Waals surface area contributed by atoms with E-state index >= 15 is 0 Å². The summed E-state index contributed by atoms with van der Waals surface area (Å²) in [6, 6.07) is 14.4. The van der Waals surface area contributed by atoms with Crippen LogP contribution in [0.25, 0.3) is 0 Å². The number of carbonyl (C=O) groups is 3. The summed E-state index contributed by atoms with van der Waals surface area (Å²) in [5.74, 6) is 0.597. The van der Waals surface area contributed by atoms with E-state index in [1.165, 1.54) is 12.0 Å². The van der Waals surface area contributed by atoms with Crippen LogP contribution in [0.15, 0.2) is 59.1 Å². The van der Waals surface area contributed by atoms with Gasteiger partial charge < -0.3 is 24.6 Å². The van der Waals surface area contributed by atoms with Gasteiger partial charge in [0.25, 0.3) is 0 Å². The van der Waals surface area contributed by atoms with Gasteiger partial charge in [0, 0.05) is 24.4 Å². The molecule has 0 unspecified atom stereocenters. The molecule has 0 aliphatic heterocycles. The van der Waals surface area contributed by atoms with Crippen molar-refractivity contribution in [2.24, 2.45) is 0 Å². The Hall–Kier alpha value is -4.34. The van der Waals surface area contributed by atoms with E-state index in [1.807, 2.05) is 20.8 Å². The first-order chi connectivity index (χ1) is 18.0. The molecule has 0 aliphatic rings. The van der Waals surface area contributed by atoms with Gasteiger partial charge in [0.2, 0.25) is 17.7 Å². The molecular weight excluding hydrogens is 488 g/mol. The van der Waals surface area contributed by atoms with Gasteiger partial charge in [0.1, 0.15) is 23.3 Å². The van der Waals surface area contributed by atoms with Crippen molar-refractivity contribution in [3.05, 3.63) is 65.9 Å². The Bertz CT molecular complexity index is 1260.